The van der Waals surface area contributed by atoms with E-state index in [1.807, 2.05) is 40.2 Å². The van der Waals surface area contributed by atoms with Gasteiger partial charge in [0, 0.05) is 6.04 Å². The van der Waals surface area contributed by atoms with Crippen molar-refractivity contribution < 1.29 is 9.53 Å². The first-order chi connectivity index (χ1) is 9.37. The predicted molar refractivity (Wildman–Crippen MR) is 77.5 cm³/mol. The summed E-state index contributed by atoms with van der Waals surface area (Å²) in [6, 6.07) is 0.420. The van der Waals surface area contributed by atoms with Crippen molar-refractivity contribution in [1.82, 2.24) is 14.9 Å². The monoisotopic (exact) mass is 279 g/mol. The van der Waals surface area contributed by atoms with Gasteiger partial charge in [-0.25, -0.2) is 9.78 Å². The third kappa shape index (κ3) is 3.74. The Bertz CT molecular complexity index is 456. The average molecular weight is 279 g/mol. The van der Waals surface area contributed by atoms with Gasteiger partial charge in [-0.3, -0.25) is 0 Å². The van der Waals surface area contributed by atoms with E-state index in [1.54, 1.807) is 0 Å². The zero-order valence-corrected chi connectivity index (χ0v) is 12.8. The predicted octanol–water partition coefficient (Wildman–Crippen LogP) is 3.58. The highest BCUT2D eigenvalue weighted by Gasteiger charge is 2.23. The first-order valence-electron chi connectivity index (χ1n) is 7.38. The second-order valence-electron chi connectivity index (χ2n) is 6.53. The maximum atomic E-state index is 11.8. The van der Waals surface area contributed by atoms with E-state index in [9.17, 15) is 4.79 Å². The van der Waals surface area contributed by atoms with Crippen LogP contribution < -0.4 is 5.32 Å². The van der Waals surface area contributed by atoms with Crippen molar-refractivity contribution in [2.75, 3.05) is 0 Å². The molecule has 1 N–H and O–H groups in total. The second-order valence-corrected chi connectivity index (χ2v) is 6.53. The number of carbonyl (C=O) groups is 1. The highest BCUT2D eigenvalue weighted by atomic mass is 16.6. The lowest BCUT2D eigenvalue weighted by atomic mass is 10.2. The van der Waals surface area contributed by atoms with Crippen molar-refractivity contribution in [1.29, 1.82) is 0 Å². The van der Waals surface area contributed by atoms with E-state index in [4.69, 9.17) is 4.74 Å². The SMILES string of the molecule is CC(NC(=O)OC(C)(C)C)c1cncn1C1CCCC1. The molecular weight excluding hydrogens is 254 g/mol. The van der Waals surface area contributed by atoms with Crippen molar-refractivity contribution in [2.45, 2.75) is 71.1 Å². The van der Waals surface area contributed by atoms with Gasteiger partial charge in [-0.05, 0) is 40.5 Å². The minimum Gasteiger partial charge on any atom is -0.444 e. The van der Waals surface area contributed by atoms with Crippen LogP contribution in [0, 0.1) is 0 Å². The molecule has 1 aromatic heterocycles. The van der Waals surface area contributed by atoms with Crippen LogP contribution >= 0.6 is 0 Å². The number of amides is 1. The number of rotatable bonds is 3. The fourth-order valence-electron chi connectivity index (χ4n) is 2.70. The Hall–Kier alpha value is -1.52. The molecule has 112 valence electrons. The number of aromatic nitrogens is 2. The van der Waals surface area contributed by atoms with E-state index >= 15 is 0 Å². The maximum absolute atomic E-state index is 11.8. The molecule has 0 aromatic carbocycles. The molecule has 2 rings (SSSR count). The van der Waals surface area contributed by atoms with Crippen molar-refractivity contribution in [3.05, 3.63) is 18.2 Å². The highest BCUT2D eigenvalue weighted by molar-refractivity contribution is 5.68. The number of alkyl carbamates (subject to hydrolysis) is 1. The summed E-state index contributed by atoms with van der Waals surface area (Å²) in [5.41, 5.74) is 0.568. The quantitative estimate of drug-likeness (QED) is 0.920. The molecule has 1 heterocycles. The topological polar surface area (TPSA) is 56.1 Å². The summed E-state index contributed by atoms with van der Waals surface area (Å²) < 4.78 is 7.50. The van der Waals surface area contributed by atoms with Gasteiger partial charge in [0.2, 0.25) is 0 Å². The molecule has 1 aliphatic carbocycles. The number of ether oxygens (including phenoxy) is 1. The minimum absolute atomic E-state index is 0.104. The van der Waals surface area contributed by atoms with Crippen molar-refractivity contribution in [3.8, 4) is 0 Å². The summed E-state index contributed by atoms with van der Waals surface area (Å²) in [5, 5.41) is 2.88. The van der Waals surface area contributed by atoms with E-state index in [0.29, 0.717) is 6.04 Å². The Morgan fingerprint density at radius 1 is 1.45 bits per heavy atom. The summed E-state index contributed by atoms with van der Waals surface area (Å²) in [5.74, 6) is 0. The summed E-state index contributed by atoms with van der Waals surface area (Å²) >= 11 is 0. The van der Waals surface area contributed by atoms with Crippen molar-refractivity contribution >= 4 is 6.09 Å². The molecule has 1 amide bonds. The third-order valence-electron chi connectivity index (χ3n) is 3.59. The highest BCUT2D eigenvalue weighted by Crippen LogP contribution is 2.31. The van der Waals surface area contributed by atoms with Crippen LogP contribution in [0.4, 0.5) is 4.79 Å². The van der Waals surface area contributed by atoms with Crippen LogP contribution in [0.1, 0.15) is 71.2 Å². The second kappa shape index (κ2) is 5.85. The molecular formula is C15H25N3O2. The van der Waals surface area contributed by atoms with Gasteiger partial charge in [0.25, 0.3) is 0 Å². The number of hydrogen-bond donors (Lipinski definition) is 1. The summed E-state index contributed by atoms with van der Waals surface area (Å²) in [4.78, 5) is 16.1. The Morgan fingerprint density at radius 2 is 2.10 bits per heavy atom. The molecule has 5 nitrogen and oxygen atoms in total. The van der Waals surface area contributed by atoms with Crippen LogP contribution in [-0.4, -0.2) is 21.2 Å². The van der Waals surface area contributed by atoms with Gasteiger partial charge in [0.1, 0.15) is 5.60 Å². The molecule has 1 fully saturated rings. The van der Waals surface area contributed by atoms with Crippen LogP contribution in [0.25, 0.3) is 0 Å². The van der Waals surface area contributed by atoms with Gasteiger partial charge in [-0.1, -0.05) is 12.8 Å². The molecule has 5 heteroatoms. The summed E-state index contributed by atoms with van der Waals surface area (Å²) in [6.45, 7) is 7.55. The largest absolute Gasteiger partial charge is 0.444 e. The zero-order chi connectivity index (χ0) is 14.8. The molecule has 0 saturated heterocycles. The van der Waals surface area contributed by atoms with Crippen LogP contribution in [-0.2, 0) is 4.74 Å². The maximum Gasteiger partial charge on any atom is 0.408 e. The lowest BCUT2D eigenvalue weighted by Crippen LogP contribution is -2.34. The molecule has 1 unspecified atom stereocenters. The van der Waals surface area contributed by atoms with Gasteiger partial charge in [-0.2, -0.15) is 0 Å². The number of imidazole rings is 1. The molecule has 20 heavy (non-hydrogen) atoms. The van der Waals surface area contributed by atoms with Crippen molar-refractivity contribution in [3.63, 3.8) is 0 Å². The number of nitrogens with one attached hydrogen (secondary N) is 1. The van der Waals surface area contributed by atoms with Crippen LogP contribution in [0.5, 0.6) is 0 Å². The first-order valence-corrected chi connectivity index (χ1v) is 7.38. The molecule has 0 radical (unpaired) electrons. The lowest BCUT2D eigenvalue weighted by molar-refractivity contribution is 0.0505. The van der Waals surface area contributed by atoms with Gasteiger partial charge in [0.15, 0.2) is 0 Å². The Balaban J connectivity index is 2.00. The Kier molecular flexibility index (Phi) is 4.35. The van der Waals surface area contributed by atoms with Crippen LogP contribution in [0.15, 0.2) is 12.5 Å². The Morgan fingerprint density at radius 3 is 2.70 bits per heavy atom. The van der Waals surface area contributed by atoms with Crippen LogP contribution in [0.3, 0.4) is 0 Å². The van der Waals surface area contributed by atoms with E-state index in [2.05, 4.69) is 14.9 Å². The molecule has 0 spiro atoms. The van der Waals surface area contributed by atoms with Gasteiger partial charge in [0.05, 0.1) is 24.3 Å². The standard InChI is InChI=1S/C15H25N3O2/c1-11(17-14(19)20-15(2,3)4)13-9-16-10-18(13)12-7-5-6-8-12/h9-12H,5-8H2,1-4H3,(H,17,19). The third-order valence-corrected chi connectivity index (χ3v) is 3.59. The minimum atomic E-state index is -0.477. The molecule has 0 bridgehead atoms. The van der Waals surface area contributed by atoms with Crippen molar-refractivity contribution in [2.24, 2.45) is 0 Å². The zero-order valence-electron chi connectivity index (χ0n) is 12.8. The van der Waals surface area contributed by atoms with E-state index in [-0.39, 0.29) is 12.1 Å². The normalized spacial score (nSPS) is 18.0. The first kappa shape index (κ1) is 14.9. The number of carbonyl (C=O) groups excluding carboxylic acids is 1. The lowest BCUT2D eigenvalue weighted by Gasteiger charge is -2.23. The van der Waals surface area contributed by atoms with Crippen LogP contribution in [0.2, 0.25) is 0 Å². The molecule has 1 aliphatic rings. The summed E-state index contributed by atoms with van der Waals surface area (Å²) in [6.07, 6.45) is 8.26. The summed E-state index contributed by atoms with van der Waals surface area (Å²) in [7, 11) is 0. The number of nitrogens with zero attached hydrogens (tertiary/aromatic N) is 2. The van der Waals surface area contributed by atoms with Gasteiger partial charge in [-0.15, -0.1) is 0 Å². The van der Waals surface area contributed by atoms with E-state index in [0.717, 1.165) is 5.69 Å². The van der Waals surface area contributed by atoms with Gasteiger partial charge < -0.3 is 14.6 Å². The van der Waals surface area contributed by atoms with E-state index in [1.165, 1.54) is 25.7 Å². The molecule has 1 saturated carbocycles. The molecule has 1 atom stereocenters. The molecule has 1 aromatic rings. The fourth-order valence-corrected chi connectivity index (χ4v) is 2.70. The number of hydrogen-bond acceptors (Lipinski definition) is 3. The average Bonchev–Trinajstić information content (AvgIpc) is 2.97. The molecule has 0 aliphatic heterocycles. The smallest absolute Gasteiger partial charge is 0.408 e. The Labute approximate surface area is 120 Å². The van der Waals surface area contributed by atoms with Gasteiger partial charge >= 0.3 is 6.09 Å². The van der Waals surface area contributed by atoms with E-state index < -0.39 is 5.60 Å². The fraction of sp³-hybridized carbons (Fsp3) is 0.733.